The second kappa shape index (κ2) is 7.88. The highest BCUT2D eigenvalue weighted by molar-refractivity contribution is 5.83. The molecular weight excluding hydrogens is 355 g/mol. The SMILES string of the molecule is CCCCCc1nc2c(F)cccc2cc1C(C)Nc1ncnc2[nH]cnc12. The van der Waals surface area contributed by atoms with E-state index in [0.29, 0.717) is 22.5 Å². The molecule has 0 aliphatic heterocycles. The van der Waals surface area contributed by atoms with Crippen LogP contribution in [0, 0.1) is 5.82 Å². The first-order valence-corrected chi connectivity index (χ1v) is 9.66. The zero-order valence-corrected chi connectivity index (χ0v) is 16.0. The molecule has 0 amide bonds. The third-order valence-corrected chi connectivity index (χ3v) is 4.96. The van der Waals surface area contributed by atoms with Gasteiger partial charge in [-0.2, -0.15) is 0 Å². The quantitative estimate of drug-likeness (QED) is 0.445. The summed E-state index contributed by atoms with van der Waals surface area (Å²) in [4.78, 5) is 20.5. The summed E-state index contributed by atoms with van der Waals surface area (Å²) in [5.74, 6) is 0.382. The molecule has 3 heterocycles. The first kappa shape index (κ1) is 18.3. The van der Waals surface area contributed by atoms with Gasteiger partial charge in [-0.1, -0.05) is 31.9 Å². The van der Waals surface area contributed by atoms with Crippen molar-refractivity contribution in [3.05, 3.63) is 54.0 Å². The molecule has 0 fully saturated rings. The van der Waals surface area contributed by atoms with E-state index >= 15 is 0 Å². The maximum atomic E-state index is 14.3. The lowest BCUT2D eigenvalue weighted by molar-refractivity contribution is 0.634. The molecule has 0 aliphatic rings. The lowest BCUT2D eigenvalue weighted by Gasteiger charge is -2.19. The van der Waals surface area contributed by atoms with Crippen molar-refractivity contribution < 1.29 is 4.39 Å². The highest BCUT2D eigenvalue weighted by atomic mass is 19.1. The van der Waals surface area contributed by atoms with Crippen LogP contribution in [-0.2, 0) is 6.42 Å². The summed E-state index contributed by atoms with van der Waals surface area (Å²) in [5.41, 5.74) is 3.80. The van der Waals surface area contributed by atoms with E-state index in [2.05, 4.69) is 39.1 Å². The maximum Gasteiger partial charge on any atom is 0.162 e. The molecule has 0 saturated heterocycles. The van der Waals surface area contributed by atoms with Gasteiger partial charge in [-0.3, -0.25) is 0 Å². The van der Waals surface area contributed by atoms with E-state index in [1.807, 2.05) is 12.1 Å². The fraction of sp³-hybridized carbons (Fsp3) is 0.333. The summed E-state index contributed by atoms with van der Waals surface area (Å²) in [7, 11) is 0. The molecule has 0 saturated carbocycles. The van der Waals surface area contributed by atoms with Gasteiger partial charge in [-0.15, -0.1) is 0 Å². The van der Waals surface area contributed by atoms with Gasteiger partial charge in [-0.05, 0) is 37.5 Å². The largest absolute Gasteiger partial charge is 0.362 e. The van der Waals surface area contributed by atoms with Crippen LogP contribution in [0.25, 0.3) is 22.1 Å². The van der Waals surface area contributed by atoms with Crippen molar-refractivity contribution in [2.75, 3.05) is 5.32 Å². The number of para-hydroxylation sites is 1. The standard InChI is InChI=1S/C21H23FN6/c1-3-4-5-9-17-15(10-14-7-6-8-16(22)18(14)28-17)13(2)27-21-19-20(24-11-23-19)25-12-26-21/h6-8,10-13H,3-5,9H2,1-2H3,(H2,23,24,25,26,27). The van der Waals surface area contributed by atoms with E-state index < -0.39 is 0 Å². The van der Waals surface area contributed by atoms with Gasteiger partial charge in [0.25, 0.3) is 0 Å². The van der Waals surface area contributed by atoms with Crippen LogP contribution in [0.1, 0.15) is 50.4 Å². The van der Waals surface area contributed by atoms with Crippen LogP contribution in [0.3, 0.4) is 0 Å². The Labute approximate surface area is 162 Å². The fourth-order valence-corrected chi connectivity index (χ4v) is 3.49. The Morgan fingerprint density at radius 2 is 2.04 bits per heavy atom. The third-order valence-electron chi connectivity index (χ3n) is 4.96. The van der Waals surface area contributed by atoms with Crippen LogP contribution in [0.5, 0.6) is 0 Å². The molecule has 0 aliphatic carbocycles. The number of imidazole rings is 1. The molecule has 0 radical (unpaired) electrons. The Hall–Kier alpha value is -3.09. The molecule has 7 heteroatoms. The second-order valence-electron chi connectivity index (χ2n) is 6.98. The molecule has 6 nitrogen and oxygen atoms in total. The van der Waals surface area contributed by atoms with Crippen molar-refractivity contribution in [3.8, 4) is 0 Å². The van der Waals surface area contributed by atoms with Crippen molar-refractivity contribution in [1.29, 1.82) is 0 Å². The number of aromatic amines is 1. The average molecular weight is 378 g/mol. The van der Waals surface area contributed by atoms with Crippen LogP contribution >= 0.6 is 0 Å². The number of aryl methyl sites for hydroxylation is 1. The Kier molecular flexibility index (Phi) is 5.14. The van der Waals surface area contributed by atoms with E-state index in [1.54, 1.807) is 12.4 Å². The molecule has 1 atom stereocenters. The summed E-state index contributed by atoms with van der Waals surface area (Å²) in [6.45, 7) is 4.23. The molecule has 3 aromatic heterocycles. The highest BCUT2D eigenvalue weighted by Gasteiger charge is 2.17. The van der Waals surface area contributed by atoms with Crippen molar-refractivity contribution in [2.24, 2.45) is 0 Å². The van der Waals surface area contributed by atoms with Crippen LogP contribution in [0.2, 0.25) is 0 Å². The minimum Gasteiger partial charge on any atom is -0.362 e. The Morgan fingerprint density at radius 3 is 2.89 bits per heavy atom. The molecule has 4 rings (SSSR count). The number of nitrogens with one attached hydrogen (secondary N) is 2. The zero-order chi connectivity index (χ0) is 19.5. The van der Waals surface area contributed by atoms with Crippen molar-refractivity contribution in [1.82, 2.24) is 24.9 Å². The number of unbranched alkanes of at least 4 members (excludes halogenated alkanes) is 2. The number of H-pyrrole nitrogens is 1. The Balaban J connectivity index is 1.72. The number of halogens is 1. The van der Waals surface area contributed by atoms with Crippen LogP contribution < -0.4 is 5.32 Å². The van der Waals surface area contributed by atoms with Gasteiger partial charge < -0.3 is 10.3 Å². The lowest BCUT2D eigenvalue weighted by Crippen LogP contribution is -2.12. The summed E-state index contributed by atoms with van der Waals surface area (Å²) >= 11 is 0. The van der Waals surface area contributed by atoms with E-state index in [1.165, 1.54) is 12.4 Å². The summed E-state index contributed by atoms with van der Waals surface area (Å²) in [6, 6.07) is 7.05. The molecule has 1 aromatic carbocycles. The van der Waals surface area contributed by atoms with E-state index in [9.17, 15) is 4.39 Å². The van der Waals surface area contributed by atoms with Gasteiger partial charge in [0.05, 0.1) is 12.4 Å². The minimum atomic E-state index is -0.282. The van der Waals surface area contributed by atoms with Gasteiger partial charge in [0.1, 0.15) is 23.2 Å². The first-order valence-electron chi connectivity index (χ1n) is 9.66. The summed E-state index contributed by atoms with van der Waals surface area (Å²) in [5, 5.41) is 4.23. The van der Waals surface area contributed by atoms with Crippen molar-refractivity contribution in [3.63, 3.8) is 0 Å². The van der Waals surface area contributed by atoms with Crippen LogP contribution in [0.4, 0.5) is 10.2 Å². The van der Waals surface area contributed by atoms with Gasteiger partial charge >= 0.3 is 0 Å². The number of pyridine rings is 1. The number of fused-ring (bicyclic) bond motifs is 2. The second-order valence-corrected chi connectivity index (χ2v) is 6.98. The molecule has 0 bridgehead atoms. The number of hydrogen-bond donors (Lipinski definition) is 2. The number of rotatable bonds is 7. The van der Waals surface area contributed by atoms with Gasteiger partial charge in [0.2, 0.25) is 0 Å². The molecular formula is C21H23FN6. The van der Waals surface area contributed by atoms with Crippen LogP contribution in [0.15, 0.2) is 36.9 Å². The zero-order valence-electron chi connectivity index (χ0n) is 16.0. The normalized spacial score (nSPS) is 12.5. The number of anilines is 1. The summed E-state index contributed by atoms with van der Waals surface area (Å²) in [6.07, 6.45) is 7.21. The molecule has 1 unspecified atom stereocenters. The Morgan fingerprint density at radius 1 is 1.14 bits per heavy atom. The first-order chi connectivity index (χ1) is 13.7. The number of hydrogen-bond acceptors (Lipinski definition) is 5. The minimum absolute atomic E-state index is 0.0633. The average Bonchev–Trinajstić information content (AvgIpc) is 3.18. The van der Waals surface area contributed by atoms with E-state index in [-0.39, 0.29) is 11.9 Å². The smallest absolute Gasteiger partial charge is 0.162 e. The highest BCUT2D eigenvalue weighted by Crippen LogP contribution is 2.28. The third kappa shape index (κ3) is 3.52. The molecule has 2 N–H and O–H groups in total. The van der Waals surface area contributed by atoms with Gasteiger partial charge in [0.15, 0.2) is 11.5 Å². The predicted molar refractivity (Wildman–Crippen MR) is 109 cm³/mol. The monoisotopic (exact) mass is 378 g/mol. The van der Waals surface area contributed by atoms with Gasteiger partial charge in [-0.25, -0.2) is 24.3 Å². The molecule has 144 valence electrons. The number of nitrogens with zero attached hydrogens (tertiary/aromatic N) is 4. The Bertz CT molecular complexity index is 1110. The van der Waals surface area contributed by atoms with Crippen molar-refractivity contribution >= 4 is 27.9 Å². The lowest BCUT2D eigenvalue weighted by atomic mass is 9.99. The molecule has 4 aromatic rings. The molecule has 28 heavy (non-hydrogen) atoms. The summed E-state index contributed by atoms with van der Waals surface area (Å²) < 4.78 is 14.3. The maximum absolute atomic E-state index is 14.3. The molecule has 0 spiro atoms. The fourth-order valence-electron chi connectivity index (χ4n) is 3.49. The number of aromatic nitrogens is 5. The number of benzene rings is 1. The van der Waals surface area contributed by atoms with E-state index in [0.717, 1.165) is 42.3 Å². The van der Waals surface area contributed by atoms with Crippen molar-refractivity contribution in [2.45, 2.75) is 45.6 Å². The van der Waals surface area contributed by atoms with Crippen LogP contribution in [-0.4, -0.2) is 24.9 Å². The van der Waals surface area contributed by atoms with Gasteiger partial charge in [0, 0.05) is 11.1 Å². The van der Waals surface area contributed by atoms with E-state index in [4.69, 9.17) is 4.98 Å². The predicted octanol–water partition coefficient (Wildman–Crippen LogP) is 4.95. The topological polar surface area (TPSA) is 79.4 Å².